The zero-order valence-corrected chi connectivity index (χ0v) is 14.9. The molecule has 2 heterocycles. The van der Waals surface area contributed by atoms with Gasteiger partial charge in [-0.1, -0.05) is 11.6 Å². The van der Waals surface area contributed by atoms with Crippen LogP contribution in [0, 0.1) is 0 Å². The van der Waals surface area contributed by atoms with Crippen molar-refractivity contribution in [2.45, 2.75) is 6.42 Å². The molecule has 0 fully saturated rings. The number of ether oxygens (including phenoxy) is 2. The van der Waals surface area contributed by atoms with Crippen molar-refractivity contribution in [2.24, 2.45) is 0 Å². The third kappa shape index (κ3) is 3.65. The number of methoxy groups -OCH3 is 2. The maximum absolute atomic E-state index is 12.1. The summed E-state index contributed by atoms with van der Waals surface area (Å²) in [5.41, 5.74) is 2.76. The molecule has 26 heavy (non-hydrogen) atoms. The summed E-state index contributed by atoms with van der Waals surface area (Å²) in [6, 6.07) is 8.57. The second-order valence-electron chi connectivity index (χ2n) is 5.56. The highest BCUT2D eigenvalue weighted by Gasteiger charge is 2.15. The van der Waals surface area contributed by atoms with Crippen molar-refractivity contribution in [2.75, 3.05) is 14.2 Å². The van der Waals surface area contributed by atoms with Gasteiger partial charge < -0.3 is 9.47 Å². The van der Waals surface area contributed by atoms with E-state index in [4.69, 9.17) is 21.1 Å². The van der Waals surface area contributed by atoms with Crippen LogP contribution in [0.5, 0.6) is 0 Å². The van der Waals surface area contributed by atoms with Gasteiger partial charge in [0.2, 0.25) is 0 Å². The first-order valence-electron chi connectivity index (χ1n) is 7.71. The molecule has 1 aromatic carbocycles. The summed E-state index contributed by atoms with van der Waals surface area (Å²) < 4.78 is 9.58. The van der Waals surface area contributed by atoms with E-state index in [1.807, 2.05) is 6.07 Å². The predicted molar refractivity (Wildman–Crippen MR) is 96.5 cm³/mol. The summed E-state index contributed by atoms with van der Waals surface area (Å²) in [5.74, 6) is -0.915. The maximum Gasteiger partial charge on any atom is 0.340 e. The van der Waals surface area contributed by atoms with E-state index in [-0.39, 0.29) is 0 Å². The Hall–Kier alpha value is -2.99. The van der Waals surface area contributed by atoms with Gasteiger partial charge >= 0.3 is 11.9 Å². The van der Waals surface area contributed by atoms with E-state index in [1.165, 1.54) is 20.4 Å². The topological polar surface area (TPSA) is 78.4 Å². The van der Waals surface area contributed by atoms with E-state index in [0.717, 1.165) is 10.9 Å². The van der Waals surface area contributed by atoms with Gasteiger partial charge in [-0.3, -0.25) is 9.97 Å². The number of hydrogen-bond donors (Lipinski definition) is 0. The number of pyridine rings is 2. The molecule has 0 bridgehead atoms. The molecule has 0 N–H and O–H groups in total. The summed E-state index contributed by atoms with van der Waals surface area (Å²) >= 11 is 6.03. The standard InChI is InChI=1S/C19H15ClN2O4/c1-25-18(23)12-3-4-21-15(9-12)6-11-5-13-8-14(20)10-22-17(13)16(7-11)19(24)26-2/h3-5,7-10H,6H2,1-2H3. The lowest BCUT2D eigenvalue weighted by atomic mass is 10.0. The number of halogens is 1. The number of nitrogens with zero attached hydrogens (tertiary/aromatic N) is 2. The van der Waals surface area contributed by atoms with Crippen molar-refractivity contribution in [1.29, 1.82) is 0 Å². The van der Waals surface area contributed by atoms with E-state index in [9.17, 15) is 9.59 Å². The summed E-state index contributed by atoms with van der Waals surface area (Å²) in [6.07, 6.45) is 3.44. The molecular formula is C19H15ClN2O4. The Morgan fingerprint density at radius 3 is 2.54 bits per heavy atom. The summed E-state index contributed by atoms with van der Waals surface area (Å²) in [5, 5.41) is 1.19. The van der Waals surface area contributed by atoms with Crippen molar-refractivity contribution in [1.82, 2.24) is 9.97 Å². The van der Waals surface area contributed by atoms with Crippen molar-refractivity contribution in [3.8, 4) is 0 Å². The van der Waals surface area contributed by atoms with Crippen LogP contribution in [-0.2, 0) is 15.9 Å². The molecule has 0 radical (unpaired) electrons. The number of hydrogen-bond acceptors (Lipinski definition) is 6. The Balaban J connectivity index is 2.05. The molecule has 7 heteroatoms. The quantitative estimate of drug-likeness (QED) is 0.654. The van der Waals surface area contributed by atoms with Crippen LogP contribution >= 0.6 is 11.6 Å². The Kier molecular flexibility index (Phi) is 5.14. The first-order valence-corrected chi connectivity index (χ1v) is 8.09. The molecule has 0 saturated heterocycles. The zero-order chi connectivity index (χ0) is 18.7. The van der Waals surface area contributed by atoms with Crippen LogP contribution in [0.25, 0.3) is 10.9 Å². The van der Waals surface area contributed by atoms with Crippen LogP contribution in [0.15, 0.2) is 42.7 Å². The zero-order valence-electron chi connectivity index (χ0n) is 14.2. The number of fused-ring (bicyclic) bond motifs is 1. The number of aromatic nitrogens is 2. The molecule has 0 atom stereocenters. The van der Waals surface area contributed by atoms with Crippen molar-refractivity contribution >= 4 is 34.4 Å². The van der Waals surface area contributed by atoms with Crippen molar-refractivity contribution in [3.63, 3.8) is 0 Å². The fourth-order valence-electron chi connectivity index (χ4n) is 2.68. The Morgan fingerprint density at radius 1 is 1.04 bits per heavy atom. The third-order valence-corrected chi connectivity index (χ3v) is 4.04. The summed E-state index contributed by atoms with van der Waals surface area (Å²) in [7, 11) is 2.64. The van der Waals surface area contributed by atoms with Gasteiger partial charge in [0, 0.05) is 29.9 Å². The van der Waals surface area contributed by atoms with Gasteiger partial charge in [0.25, 0.3) is 0 Å². The molecule has 132 valence electrons. The molecule has 0 aliphatic carbocycles. The SMILES string of the molecule is COC(=O)c1ccnc(Cc2cc(C(=O)OC)c3ncc(Cl)cc3c2)c1. The largest absolute Gasteiger partial charge is 0.465 e. The van der Waals surface area contributed by atoms with E-state index < -0.39 is 11.9 Å². The van der Waals surface area contributed by atoms with Crippen LogP contribution in [0.4, 0.5) is 0 Å². The fraction of sp³-hybridized carbons (Fsp3) is 0.158. The van der Waals surface area contributed by atoms with Gasteiger partial charge in [-0.25, -0.2) is 9.59 Å². The van der Waals surface area contributed by atoms with Gasteiger partial charge in [0.05, 0.1) is 35.9 Å². The van der Waals surface area contributed by atoms with Crippen LogP contribution in [0.1, 0.15) is 32.0 Å². The smallest absolute Gasteiger partial charge is 0.340 e. The molecular weight excluding hydrogens is 356 g/mol. The first-order chi connectivity index (χ1) is 12.5. The molecule has 0 unspecified atom stereocenters. The molecule has 0 spiro atoms. The van der Waals surface area contributed by atoms with Crippen LogP contribution in [-0.4, -0.2) is 36.1 Å². The molecule has 0 aliphatic rings. The summed E-state index contributed by atoms with van der Waals surface area (Å²) in [6.45, 7) is 0. The van der Waals surface area contributed by atoms with E-state index in [0.29, 0.717) is 33.8 Å². The van der Waals surface area contributed by atoms with Gasteiger partial charge in [0.15, 0.2) is 0 Å². The number of benzene rings is 1. The van der Waals surface area contributed by atoms with E-state index >= 15 is 0 Å². The highest BCUT2D eigenvalue weighted by Crippen LogP contribution is 2.24. The number of esters is 2. The fourth-order valence-corrected chi connectivity index (χ4v) is 2.85. The molecule has 6 nitrogen and oxygen atoms in total. The summed E-state index contributed by atoms with van der Waals surface area (Å²) in [4.78, 5) is 32.3. The highest BCUT2D eigenvalue weighted by molar-refractivity contribution is 6.31. The molecule has 0 aliphatic heterocycles. The third-order valence-electron chi connectivity index (χ3n) is 3.84. The van der Waals surface area contributed by atoms with E-state index in [1.54, 1.807) is 30.5 Å². The monoisotopic (exact) mass is 370 g/mol. The number of rotatable bonds is 4. The van der Waals surface area contributed by atoms with Crippen molar-refractivity contribution in [3.05, 3.63) is 70.1 Å². The molecule has 3 aromatic rings. The maximum atomic E-state index is 12.1. The number of carbonyl (C=O) groups is 2. The Morgan fingerprint density at radius 2 is 1.81 bits per heavy atom. The molecule has 2 aromatic heterocycles. The highest BCUT2D eigenvalue weighted by atomic mass is 35.5. The Bertz CT molecular complexity index is 1000. The number of carbonyl (C=O) groups excluding carboxylic acids is 2. The van der Waals surface area contributed by atoms with Gasteiger partial charge in [-0.15, -0.1) is 0 Å². The van der Waals surface area contributed by atoms with Crippen molar-refractivity contribution < 1.29 is 19.1 Å². The Labute approximate surface area is 154 Å². The minimum absolute atomic E-state index is 0.348. The van der Waals surface area contributed by atoms with E-state index in [2.05, 4.69) is 9.97 Å². The molecule has 0 saturated carbocycles. The average Bonchev–Trinajstić information content (AvgIpc) is 2.66. The lowest BCUT2D eigenvalue weighted by Crippen LogP contribution is -2.06. The van der Waals surface area contributed by atoms with Crippen LogP contribution in [0.3, 0.4) is 0 Å². The van der Waals surface area contributed by atoms with Gasteiger partial charge in [-0.05, 0) is 35.9 Å². The second kappa shape index (κ2) is 7.49. The van der Waals surface area contributed by atoms with Gasteiger partial charge in [-0.2, -0.15) is 0 Å². The predicted octanol–water partition coefficient (Wildman–Crippen LogP) is 3.45. The molecule has 0 amide bonds. The van der Waals surface area contributed by atoms with Crippen LogP contribution in [0.2, 0.25) is 5.02 Å². The second-order valence-corrected chi connectivity index (χ2v) is 6.00. The van der Waals surface area contributed by atoms with Crippen LogP contribution < -0.4 is 0 Å². The minimum Gasteiger partial charge on any atom is -0.465 e. The lowest BCUT2D eigenvalue weighted by Gasteiger charge is -2.09. The normalized spacial score (nSPS) is 10.6. The minimum atomic E-state index is -0.483. The average molecular weight is 371 g/mol. The van der Waals surface area contributed by atoms with Gasteiger partial charge in [0.1, 0.15) is 0 Å². The molecule has 3 rings (SSSR count). The lowest BCUT2D eigenvalue weighted by molar-refractivity contribution is 0.0592. The first kappa shape index (κ1) is 17.8.